The van der Waals surface area contributed by atoms with Crippen LogP contribution >= 0.6 is 0 Å². The summed E-state index contributed by atoms with van der Waals surface area (Å²) in [6.07, 6.45) is -0.826. The van der Waals surface area contributed by atoms with Gasteiger partial charge in [-0.15, -0.1) is 0 Å². The Kier molecular flexibility index (Phi) is 3.80. The van der Waals surface area contributed by atoms with Gasteiger partial charge in [0.1, 0.15) is 11.7 Å². The molecular formula is C12H19NO4. The normalized spacial score (nSPS) is 20.4. The van der Waals surface area contributed by atoms with Crippen LogP contribution in [0.4, 0.5) is 4.79 Å². The Morgan fingerprint density at radius 2 is 2.00 bits per heavy atom. The molecule has 1 saturated heterocycles. The summed E-state index contributed by atoms with van der Waals surface area (Å²) in [6.45, 7) is 11.2. The molecule has 0 bridgehead atoms. The maximum atomic E-state index is 11.8. The summed E-state index contributed by atoms with van der Waals surface area (Å²) in [6, 6.07) is 0. The Morgan fingerprint density at radius 1 is 1.41 bits per heavy atom. The summed E-state index contributed by atoms with van der Waals surface area (Å²) in [5.74, 6) is -0.373. The van der Waals surface area contributed by atoms with Gasteiger partial charge in [-0.25, -0.2) is 4.79 Å². The molecule has 17 heavy (non-hydrogen) atoms. The number of carbonyl (C=O) groups excluding carboxylic acids is 2. The highest BCUT2D eigenvalue weighted by Gasteiger charge is 2.33. The Bertz CT molecular complexity index is 343. The third kappa shape index (κ3) is 4.09. The molecule has 5 nitrogen and oxygen atoms in total. The molecule has 0 unspecified atom stereocenters. The van der Waals surface area contributed by atoms with Crippen molar-refractivity contribution in [3.8, 4) is 0 Å². The maximum absolute atomic E-state index is 11.8. The number of amides is 1. The Labute approximate surface area is 101 Å². The number of ether oxygens (including phenoxy) is 2. The number of carbonyl (C=O) groups is 2. The molecule has 1 heterocycles. The molecule has 0 aromatic rings. The van der Waals surface area contributed by atoms with Crippen LogP contribution in [-0.2, 0) is 14.3 Å². The van der Waals surface area contributed by atoms with E-state index in [4.69, 9.17) is 9.47 Å². The van der Waals surface area contributed by atoms with E-state index in [0.29, 0.717) is 18.7 Å². The van der Waals surface area contributed by atoms with Crippen molar-refractivity contribution in [2.75, 3.05) is 13.1 Å². The summed E-state index contributed by atoms with van der Waals surface area (Å²) in [4.78, 5) is 24.1. The summed E-state index contributed by atoms with van der Waals surface area (Å²) in [7, 11) is 0. The summed E-state index contributed by atoms with van der Waals surface area (Å²) in [5.41, 5.74) is 0.184. The number of nitrogens with zero attached hydrogens (tertiary/aromatic N) is 1. The first-order chi connectivity index (χ1) is 7.69. The number of hydrogen-bond acceptors (Lipinski definition) is 4. The van der Waals surface area contributed by atoms with E-state index in [1.807, 2.05) is 0 Å². The maximum Gasteiger partial charge on any atom is 0.410 e. The number of esters is 1. The smallest absolute Gasteiger partial charge is 0.410 e. The van der Waals surface area contributed by atoms with Crippen molar-refractivity contribution in [2.24, 2.45) is 0 Å². The fourth-order valence-corrected chi connectivity index (χ4v) is 1.53. The third-order valence-electron chi connectivity index (χ3n) is 2.20. The third-order valence-corrected chi connectivity index (χ3v) is 2.20. The second-order valence-corrected chi connectivity index (χ2v) is 5.12. The zero-order valence-electron chi connectivity index (χ0n) is 10.8. The standard InChI is InChI=1S/C12H19NO4/c1-8-6-13(7-10(8)16-9(2)14)11(15)17-12(3,4)5/h10H,1,6-7H2,2-5H3/t10-/m0/s1. The molecular weight excluding hydrogens is 222 g/mol. The van der Waals surface area contributed by atoms with Gasteiger partial charge in [-0.2, -0.15) is 0 Å². The van der Waals surface area contributed by atoms with Crippen LogP contribution in [0, 0.1) is 0 Å². The quantitative estimate of drug-likeness (QED) is 0.518. The fraction of sp³-hybridized carbons (Fsp3) is 0.667. The molecule has 1 amide bonds. The molecule has 1 atom stereocenters. The fourth-order valence-electron chi connectivity index (χ4n) is 1.53. The van der Waals surface area contributed by atoms with E-state index in [9.17, 15) is 9.59 Å². The second kappa shape index (κ2) is 4.77. The van der Waals surface area contributed by atoms with E-state index in [2.05, 4.69) is 6.58 Å². The van der Waals surface area contributed by atoms with Gasteiger partial charge in [-0.1, -0.05) is 6.58 Å². The lowest BCUT2D eigenvalue weighted by Gasteiger charge is -2.24. The molecule has 1 aliphatic rings. The van der Waals surface area contributed by atoms with E-state index >= 15 is 0 Å². The lowest BCUT2D eigenvalue weighted by molar-refractivity contribution is -0.144. The molecule has 1 fully saturated rings. The molecule has 0 aromatic heterocycles. The van der Waals surface area contributed by atoms with Gasteiger partial charge in [0.05, 0.1) is 6.54 Å². The van der Waals surface area contributed by atoms with Gasteiger partial charge in [-0.3, -0.25) is 4.79 Å². The van der Waals surface area contributed by atoms with E-state index in [1.165, 1.54) is 11.8 Å². The minimum atomic E-state index is -0.530. The Hall–Kier alpha value is -1.52. The SMILES string of the molecule is C=C1CN(C(=O)OC(C)(C)C)C[C@@H]1OC(C)=O. The second-order valence-electron chi connectivity index (χ2n) is 5.12. The first kappa shape index (κ1) is 13.5. The van der Waals surface area contributed by atoms with E-state index in [1.54, 1.807) is 20.8 Å². The number of hydrogen-bond donors (Lipinski definition) is 0. The monoisotopic (exact) mass is 241 g/mol. The van der Waals surface area contributed by atoms with Crippen LogP contribution in [0.15, 0.2) is 12.2 Å². The average molecular weight is 241 g/mol. The highest BCUT2D eigenvalue weighted by Crippen LogP contribution is 2.20. The molecule has 5 heteroatoms. The molecule has 0 N–H and O–H groups in total. The predicted octanol–water partition coefficient (Wildman–Crippen LogP) is 1.73. The van der Waals surface area contributed by atoms with Crippen LogP contribution in [0.1, 0.15) is 27.7 Å². The van der Waals surface area contributed by atoms with Crippen molar-refractivity contribution in [3.05, 3.63) is 12.2 Å². The van der Waals surface area contributed by atoms with Gasteiger partial charge in [0, 0.05) is 13.5 Å². The Balaban J connectivity index is 2.57. The van der Waals surface area contributed by atoms with Crippen molar-refractivity contribution in [1.82, 2.24) is 4.90 Å². The highest BCUT2D eigenvalue weighted by atomic mass is 16.6. The van der Waals surface area contributed by atoms with Crippen molar-refractivity contribution in [1.29, 1.82) is 0 Å². The van der Waals surface area contributed by atoms with Crippen molar-refractivity contribution < 1.29 is 19.1 Å². The topological polar surface area (TPSA) is 55.8 Å². The van der Waals surface area contributed by atoms with Gasteiger partial charge < -0.3 is 14.4 Å². The highest BCUT2D eigenvalue weighted by molar-refractivity contribution is 5.70. The van der Waals surface area contributed by atoms with Gasteiger partial charge in [0.2, 0.25) is 0 Å². The van der Waals surface area contributed by atoms with Gasteiger partial charge in [-0.05, 0) is 26.3 Å². The molecule has 0 spiro atoms. The van der Waals surface area contributed by atoms with Crippen LogP contribution in [0.5, 0.6) is 0 Å². The molecule has 96 valence electrons. The summed E-state index contributed by atoms with van der Waals surface area (Å²) >= 11 is 0. The predicted molar refractivity (Wildman–Crippen MR) is 62.5 cm³/mol. The first-order valence-electron chi connectivity index (χ1n) is 5.52. The van der Waals surface area contributed by atoms with Crippen molar-refractivity contribution in [2.45, 2.75) is 39.4 Å². The molecule has 0 saturated carbocycles. The Morgan fingerprint density at radius 3 is 2.47 bits per heavy atom. The van der Waals surface area contributed by atoms with Crippen LogP contribution in [-0.4, -0.2) is 41.8 Å². The lowest BCUT2D eigenvalue weighted by Crippen LogP contribution is -2.36. The van der Waals surface area contributed by atoms with Gasteiger partial charge in [0.15, 0.2) is 0 Å². The average Bonchev–Trinajstić information content (AvgIpc) is 2.44. The molecule has 0 aromatic carbocycles. The van der Waals surface area contributed by atoms with Crippen molar-refractivity contribution in [3.63, 3.8) is 0 Å². The van der Waals surface area contributed by atoms with Crippen LogP contribution in [0.2, 0.25) is 0 Å². The lowest BCUT2D eigenvalue weighted by atomic mass is 10.2. The van der Waals surface area contributed by atoms with Crippen molar-refractivity contribution >= 4 is 12.1 Å². The minimum Gasteiger partial charge on any atom is -0.456 e. The number of rotatable bonds is 1. The number of likely N-dealkylation sites (tertiary alicyclic amines) is 1. The molecule has 0 radical (unpaired) electrons. The molecule has 1 aliphatic heterocycles. The minimum absolute atomic E-state index is 0.313. The largest absolute Gasteiger partial charge is 0.456 e. The van der Waals surface area contributed by atoms with E-state index in [0.717, 1.165) is 0 Å². The molecule has 1 rings (SSSR count). The first-order valence-corrected chi connectivity index (χ1v) is 5.52. The van der Waals surface area contributed by atoms with E-state index < -0.39 is 17.8 Å². The van der Waals surface area contributed by atoms with Crippen LogP contribution in [0.25, 0.3) is 0 Å². The molecule has 0 aliphatic carbocycles. The van der Waals surface area contributed by atoms with Gasteiger partial charge in [0.25, 0.3) is 0 Å². The van der Waals surface area contributed by atoms with Gasteiger partial charge >= 0.3 is 12.1 Å². The van der Waals surface area contributed by atoms with Crippen LogP contribution < -0.4 is 0 Å². The zero-order valence-corrected chi connectivity index (χ0v) is 10.8. The summed E-state index contributed by atoms with van der Waals surface area (Å²) in [5, 5.41) is 0. The summed E-state index contributed by atoms with van der Waals surface area (Å²) < 4.78 is 10.3. The van der Waals surface area contributed by atoms with Crippen LogP contribution in [0.3, 0.4) is 0 Å². The van der Waals surface area contributed by atoms with E-state index in [-0.39, 0.29) is 5.97 Å². The zero-order chi connectivity index (χ0) is 13.2.